The van der Waals surface area contributed by atoms with Gasteiger partial charge in [0.25, 0.3) is 0 Å². The third-order valence-electron chi connectivity index (χ3n) is 6.01. The summed E-state index contributed by atoms with van der Waals surface area (Å²) in [6, 6.07) is 0.569. The first-order valence-corrected chi connectivity index (χ1v) is 11.9. The van der Waals surface area contributed by atoms with Gasteiger partial charge in [-0.1, -0.05) is 24.6 Å². The summed E-state index contributed by atoms with van der Waals surface area (Å²) >= 11 is 1.69. The number of nitrogens with zero attached hydrogens (tertiary/aromatic N) is 5. The Balaban J connectivity index is 1.46. The quantitative estimate of drug-likeness (QED) is 0.238. The maximum Gasteiger partial charge on any atom is 0.308 e. The van der Waals surface area contributed by atoms with E-state index in [-0.39, 0.29) is 11.9 Å². The van der Waals surface area contributed by atoms with Crippen LogP contribution in [0.5, 0.6) is 0 Å². The average Bonchev–Trinajstić information content (AvgIpc) is 3.42. The summed E-state index contributed by atoms with van der Waals surface area (Å²) in [7, 11) is 3.28. The SMILES string of the molecule is CN=C(NCCCc1nnc(SC)n1C1CCCC1)N1CCC(C(=O)OC)CC1. The zero-order chi connectivity index (χ0) is 20.6. The van der Waals surface area contributed by atoms with Gasteiger partial charge < -0.3 is 19.5 Å². The van der Waals surface area contributed by atoms with E-state index in [1.54, 1.807) is 11.8 Å². The summed E-state index contributed by atoms with van der Waals surface area (Å²) < 4.78 is 7.25. The molecule has 0 amide bonds. The Kier molecular flexibility index (Phi) is 8.20. The van der Waals surface area contributed by atoms with Crippen LogP contribution in [0.1, 0.15) is 56.8 Å². The maximum absolute atomic E-state index is 11.7. The van der Waals surface area contributed by atoms with Crippen molar-refractivity contribution in [2.45, 2.75) is 62.6 Å². The van der Waals surface area contributed by atoms with Crippen LogP contribution >= 0.6 is 11.8 Å². The van der Waals surface area contributed by atoms with Crippen molar-refractivity contribution in [1.82, 2.24) is 25.0 Å². The van der Waals surface area contributed by atoms with Gasteiger partial charge in [-0.25, -0.2) is 0 Å². The molecule has 0 bridgehead atoms. The van der Waals surface area contributed by atoms with E-state index in [9.17, 15) is 4.79 Å². The van der Waals surface area contributed by atoms with E-state index in [4.69, 9.17) is 4.74 Å². The fourth-order valence-electron chi connectivity index (χ4n) is 4.42. The van der Waals surface area contributed by atoms with E-state index in [0.717, 1.165) is 62.3 Å². The maximum atomic E-state index is 11.7. The molecule has 1 aromatic rings. The van der Waals surface area contributed by atoms with Gasteiger partial charge in [-0.15, -0.1) is 10.2 Å². The minimum absolute atomic E-state index is 0.0157. The van der Waals surface area contributed by atoms with Gasteiger partial charge in [-0.3, -0.25) is 9.79 Å². The predicted octanol–water partition coefficient (Wildman–Crippen LogP) is 2.51. The molecule has 162 valence electrons. The van der Waals surface area contributed by atoms with Crippen LogP contribution in [-0.2, 0) is 16.0 Å². The Labute approximate surface area is 177 Å². The summed E-state index contributed by atoms with van der Waals surface area (Å²) in [4.78, 5) is 18.4. The van der Waals surface area contributed by atoms with Crippen molar-refractivity contribution in [3.8, 4) is 0 Å². The van der Waals surface area contributed by atoms with Crippen LogP contribution < -0.4 is 5.32 Å². The van der Waals surface area contributed by atoms with Gasteiger partial charge >= 0.3 is 5.97 Å². The first kappa shape index (κ1) is 21.9. The molecule has 1 aliphatic carbocycles. The lowest BCUT2D eigenvalue weighted by atomic mass is 9.97. The van der Waals surface area contributed by atoms with Crippen molar-refractivity contribution in [3.63, 3.8) is 0 Å². The molecule has 1 aliphatic heterocycles. The van der Waals surface area contributed by atoms with Crippen molar-refractivity contribution >= 4 is 23.7 Å². The standard InChI is InChI=1S/C20H34N6O2S/c1-21-19(25-13-10-15(11-14-25)18(27)28-2)22-12-6-9-17-23-24-20(29-3)26(17)16-7-4-5-8-16/h15-16H,4-14H2,1-3H3,(H,21,22). The summed E-state index contributed by atoms with van der Waals surface area (Å²) in [5.74, 6) is 1.94. The van der Waals surface area contributed by atoms with Gasteiger partial charge in [0.15, 0.2) is 11.1 Å². The molecular weight excluding hydrogens is 388 g/mol. The second kappa shape index (κ2) is 10.8. The van der Waals surface area contributed by atoms with E-state index in [2.05, 4.69) is 36.2 Å². The van der Waals surface area contributed by atoms with E-state index in [0.29, 0.717) is 6.04 Å². The highest BCUT2D eigenvalue weighted by molar-refractivity contribution is 7.98. The molecule has 2 heterocycles. The highest BCUT2D eigenvalue weighted by Gasteiger charge is 2.27. The number of carbonyl (C=O) groups excluding carboxylic acids is 1. The molecule has 2 aliphatic rings. The molecule has 2 fully saturated rings. The van der Waals surface area contributed by atoms with Crippen molar-refractivity contribution in [2.75, 3.05) is 40.0 Å². The average molecular weight is 423 g/mol. The number of rotatable bonds is 7. The van der Waals surface area contributed by atoms with Crippen LogP contribution in [-0.4, -0.2) is 71.6 Å². The molecule has 0 atom stereocenters. The minimum Gasteiger partial charge on any atom is -0.469 e. The first-order valence-electron chi connectivity index (χ1n) is 10.7. The van der Waals surface area contributed by atoms with Crippen molar-refractivity contribution in [3.05, 3.63) is 5.82 Å². The number of thioether (sulfide) groups is 1. The summed E-state index contributed by atoms with van der Waals surface area (Å²) in [6.07, 6.45) is 10.7. The van der Waals surface area contributed by atoms with E-state index in [1.165, 1.54) is 32.8 Å². The monoisotopic (exact) mass is 422 g/mol. The van der Waals surface area contributed by atoms with Gasteiger partial charge in [0.05, 0.1) is 13.0 Å². The number of esters is 1. The van der Waals surface area contributed by atoms with E-state index < -0.39 is 0 Å². The molecule has 0 radical (unpaired) electrons. The number of methoxy groups -OCH3 is 1. The fourth-order valence-corrected chi connectivity index (χ4v) is 4.99. The Hall–Kier alpha value is -1.77. The number of carbonyl (C=O) groups is 1. The molecule has 8 nitrogen and oxygen atoms in total. The zero-order valence-electron chi connectivity index (χ0n) is 17.9. The highest BCUT2D eigenvalue weighted by Crippen LogP contribution is 2.33. The normalized spacial score (nSPS) is 19.0. The topological polar surface area (TPSA) is 84.6 Å². The van der Waals surface area contributed by atoms with Gasteiger partial charge in [-0.05, 0) is 38.4 Å². The van der Waals surface area contributed by atoms with Crippen molar-refractivity contribution < 1.29 is 9.53 Å². The Morgan fingerprint density at radius 1 is 1.24 bits per heavy atom. The third kappa shape index (κ3) is 5.43. The molecule has 3 rings (SSSR count). The zero-order valence-corrected chi connectivity index (χ0v) is 18.7. The number of hydrogen-bond donors (Lipinski definition) is 1. The highest BCUT2D eigenvalue weighted by atomic mass is 32.2. The second-order valence-electron chi connectivity index (χ2n) is 7.77. The Morgan fingerprint density at radius 3 is 2.59 bits per heavy atom. The molecule has 1 aromatic heterocycles. The molecule has 9 heteroatoms. The van der Waals surface area contributed by atoms with Gasteiger partial charge in [0, 0.05) is 39.1 Å². The molecule has 0 spiro atoms. The van der Waals surface area contributed by atoms with Crippen LogP contribution in [0.2, 0.25) is 0 Å². The summed E-state index contributed by atoms with van der Waals surface area (Å²) in [5.41, 5.74) is 0. The molecule has 0 aromatic carbocycles. The minimum atomic E-state index is -0.0939. The van der Waals surface area contributed by atoms with E-state index >= 15 is 0 Å². The number of aromatic nitrogens is 3. The molecule has 0 unspecified atom stereocenters. The Morgan fingerprint density at radius 2 is 1.97 bits per heavy atom. The number of nitrogens with one attached hydrogen (secondary N) is 1. The molecule has 1 saturated carbocycles. The lowest BCUT2D eigenvalue weighted by Gasteiger charge is -2.33. The number of piperidine rings is 1. The van der Waals surface area contributed by atoms with Crippen molar-refractivity contribution in [1.29, 1.82) is 0 Å². The number of guanidine groups is 1. The first-order chi connectivity index (χ1) is 14.2. The number of aliphatic imine (C=N–C) groups is 1. The molecule has 29 heavy (non-hydrogen) atoms. The lowest BCUT2D eigenvalue weighted by Crippen LogP contribution is -2.46. The smallest absolute Gasteiger partial charge is 0.308 e. The molecule has 1 N–H and O–H groups in total. The van der Waals surface area contributed by atoms with Crippen LogP contribution in [0.25, 0.3) is 0 Å². The molecule has 1 saturated heterocycles. The number of ether oxygens (including phenoxy) is 1. The van der Waals surface area contributed by atoms with Crippen LogP contribution in [0.4, 0.5) is 0 Å². The van der Waals surface area contributed by atoms with Gasteiger partial charge in [-0.2, -0.15) is 0 Å². The van der Waals surface area contributed by atoms with E-state index in [1.807, 2.05) is 7.05 Å². The second-order valence-corrected chi connectivity index (χ2v) is 8.55. The van der Waals surface area contributed by atoms with Crippen LogP contribution in [0.15, 0.2) is 10.1 Å². The van der Waals surface area contributed by atoms with Crippen molar-refractivity contribution in [2.24, 2.45) is 10.9 Å². The lowest BCUT2D eigenvalue weighted by molar-refractivity contribution is -0.146. The van der Waals surface area contributed by atoms with Crippen LogP contribution in [0, 0.1) is 5.92 Å². The summed E-state index contributed by atoms with van der Waals surface area (Å²) in [6.45, 7) is 2.49. The number of likely N-dealkylation sites (tertiary alicyclic amines) is 1. The Bertz CT molecular complexity index is 693. The fraction of sp³-hybridized carbons (Fsp3) is 0.800. The van der Waals surface area contributed by atoms with Gasteiger partial charge in [0.1, 0.15) is 5.82 Å². The molecular formula is C20H34N6O2S. The van der Waals surface area contributed by atoms with Crippen LogP contribution in [0.3, 0.4) is 0 Å². The van der Waals surface area contributed by atoms with Gasteiger partial charge in [0.2, 0.25) is 0 Å². The largest absolute Gasteiger partial charge is 0.469 e. The number of hydrogen-bond acceptors (Lipinski definition) is 6. The third-order valence-corrected chi connectivity index (χ3v) is 6.65. The number of aryl methyl sites for hydroxylation is 1. The summed E-state index contributed by atoms with van der Waals surface area (Å²) in [5, 5.41) is 13.4. The predicted molar refractivity (Wildman–Crippen MR) is 115 cm³/mol.